The van der Waals surface area contributed by atoms with Gasteiger partial charge in [0.05, 0.1) is 15.8 Å². The summed E-state index contributed by atoms with van der Waals surface area (Å²) in [5.74, 6) is -2.76. The Morgan fingerprint density at radius 2 is 2.11 bits per heavy atom. The minimum absolute atomic E-state index is 0.672. The van der Waals surface area contributed by atoms with Crippen LogP contribution in [0.1, 0.15) is 5.56 Å². The number of rotatable bonds is 0. The van der Waals surface area contributed by atoms with E-state index in [0.29, 0.717) is 5.56 Å². The van der Waals surface area contributed by atoms with Crippen LogP contribution in [0.5, 0.6) is 0 Å². The first-order valence-electron chi connectivity index (χ1n) is 4.38. The topological polar surface area (TPSA) is 74.0 Å². The van der Waals surface area contributed by atoms with Crippen LogP contribution in [0.4, 0.5) is 13.2 Å². The van der Waals surface area contributed by atoms with Gasteiger partial charge in [0, 0.05) is 11.6 Å². The fourth-order valence-corrected chi connectivity index (χ4v) is 1.79. The third-order valence-electron chi connectivity index (χ3n) is 1.69. The third kappa shape index (κ3) is 3.43. The van der Waals surface area contributed by atoms with Gasteiger partial charge >= 0.3 is 12.1 Å². The van der Waals surface area contributed by atoms with Gasteiger partial charge in [-0.2, -0.15) is 18.4 Å². The van der Waals surface area contributed by atoms with Gasteiger partial charge in [-0.05, 0) is 12.1 Å². The molecule has 8 heteroatoms. The van der Waals surface area contributed by atoms with E-state index >= 15 is 0 Å². The molecule has 0 fully saturated rings. The summed E-state index contributed by atoms with van der Waals surface area (Å²) in [5.41, 5.74) is 1.49. The zero-order chi connectivity index (χ0) is 13.8. The molecule has 0 atom stereocenters. The number of hydrogen-bond donors (Lipinski definition) is 1. The SMILES string of the molecule is N#Cc1csc2cccnc12.O=C(O)C(F)(F)F. The fourth-order valence-electron chi connectivity index (χ4n) is 0.945. The lowest BCUT2D eigenvalue weighted by Gasteiger charge is -1.93. The Morgan fingerprint density at radius 1 is 1.50 bits per heavy atom. The molecule has 2 aromatic rings. The van der Waals surface area contributed by atoms with Crippen molar-refractivity contribution >= 4 is 27.5 Å². The van der Waals surface area contributed by atoms with Crippen molar-refractivity contribution in [3.05, 3.63) is 29.3 Å². The van der Waals surface area contributed by atoms with E-state index in [-0.39, 0.29) is 0 Å². The molecule has 0 aromatic carbocycles. The average Bonchev–Trinajstić information content (AvgIpc) is 2.71. The Hall–Kier alpha value is -2.14. The second kappa shape index (κ2) is 5.46. The van der Waals surface area contributed by atoms with Gasteiger partial charge in [0.2, 0.25) is 0 Å². The highest BCUT2D eigenvalue weighted by atomic mass is 32.1. The summed E-state index contributed by atoms with van der Waals surface area (Å²) in [6.45, 7) is 0. The Balaban J connectivity index is 0.000000203. The number of halogens is 3. The number of nitriles is 1. The van der Waals surface area contributed by atoms with Crippen LogP contribution < -0.4 is 0 Å². The first-order chi connectivity index (χ1) is 8.36. The van der Waals surface area contributed by atoms with Gasteiger partial charge in [-0.3, -0.25) is 4.98 Å². The summed E-state index contributed by atoms with van der Waals surface area (Å²) in [7, 11) is 0. The number of alkyl halides is 3. The molecule has 0 bridgehead atoms. The first kappa shape index (κ1) is 13.9. The molecule has 2 heterocycles. The minimum atomic E-state index is -5.08. The number of thiophene rings is 1. The number of nitrogens with zero attached hydrogens (tertiary/aromatic N) is 2. The zero-order valence-electron chi connectivity index (χ0n) is 8.60. The maximum absolute atomic E-state index is 10.6. The van der Waals surface area contributed by atoms with Crippen molar-refractivity contribution in [1.29, 1.82) is 5.26 Å². The number of pyridine rings is 1. The Kier molecular flexibility index (Phi) is 4.23. The van der Waals surface area contributed by atoms with E-state index in [1.165, 1.54) is 0 Å². The van der Waals surface area contributed by atoms with Crippen molar-refractivity contribution < 1.29 is 23.1 Å². The van der Waals surface area contributed by atoms with E-state index < -0.39 is 12.1 Å². The molecule has 0 amide bonds. The molecule has 0 unspecified atom stereocenters. The van der Waals surface area contributed by atoms with Crippen LogP contribution >= 0.6 is 11.3 Å². The quantitative estimate of drug-likeness (QED) is 0.801. The summed E-state index contributed by atoms with van der Waals surface area (Å²) >= 11 is 1.55. The van der Waals surface area contributed by atoms with E-state index in [9.17, 15) is 13.2 Å². The molecule has 4 nitrogen and oxygen atoms in total. The van der Waals surface area contributed by atoms with Crippen molar-refractivity contribution in [3.63, 3.8) is 0 Å². The molecule has 0 aliphatic rings. The maximum Gasteiger partial charge on any atom is 0.490 e. The molecular formula is C10H5F3N2O2S. The number of carbonyl (C=O) groups is 1. The van der Waals surface area contributed by atoms with Gasteiger partial charge in [-0.1, -0.05) is 0 Å². The molecule has 0 radical (unpaired) electrons. The van der Waals surface area contributed by atoms with Crippen molar-refractivity contribution in [3.8, 4) is 6.07 Å². The van der Waals surface area contributed by atoms with E-state index in [1.807, 2.05) is 17.5 Å². The summed E-state index contributed by atoms with van der Waals surface area (Å²) in [5, 5.41) is 17.6. The second-order valence-electron chi connectivity index (χ2n) is 2.91. The number of aromatic nitrogens is 1. The Morgan fingerprint density at radius 3 is 2.61 bits per heavy atom. The normalized spacial score (nSPS) is 10.3. The molecule has 0 spiro atoms. The molecule has 0 saturated carbocycles. The molecule has 2 aromatic heterocycles. The standard InChI is InChI=1S/C8H4N2S.C2HF3O2/c9-4-6-5-11-7-2-1-3-10-8(6)7;3-2(4,5)1(6)7/h1-3,5H;(H,6,7). The van der Waals surface area contributed by atoms with Gasteiger partial charge in [-0.25, -0.2) is 4.79 Å². The lowest BCUT2D eigenvalue weighted by atomic mass is 10.3. The van der Waals surface area contributed by atoms with Crippen molar-refractivity contribution in [2.45, 2.75) is 6.18 Å². The summed E-state index contributed by atoms with van der Waals surface area (Å²) in [6, 6.07) is 5.94. The van der Waals surface area contributed by atoms with Crippen LogP contribution in [-0.4, -0.2) is 22.2 Å². The summed E-state index contributed by atoms with van der Waals surface area (Å²) in [6.07, 6.45) is -3.38. The first-order valence-corrected chi connectivity index (χ1v) is 5.26. The smallest absolute Gasteiger partial charge is 0.475 e. The number of aliphatic carboxylic acids is 1. The predicted octanol–water partition coefficient (Wildman–Crippen LogP) is 2.80. The van der Waals surface area contributed by atoms with Crippen LogP contribution in [0, 0.1) is 11.3 Å². The molecule has 94 valence electrons. The van der Waals surface area contributed by atoms with Crippen molar-refractivity contribution in [2.75, 3.05) is 0 Å². The van der Waals surface area contributed by atoms with E-state index in [0.717, 1.165) is 10.2 Å². The largest absolute Gasteiger partial charge is 0.490 e. The van der Waals surface area contributed by atoms with Gasteiger partial charge in [-0.15, -0.1) is 11.3 Å². The maximum atomic E-state index is 10.6. The highest BCUT2D eigenvalue weighted by Crippen LogP contribution is 2.22. The molecule has 2 rings (SSSR count). The number of fused-ring (bicyclic) bond motifs is 1. The van der Waals surface area contributed by atoms with E-state index in [4.69, 9.17) is 15.2 Å². The summed E-state index contributed by atoms with van der Waals surface area (Å²) in [4.78, 5) is 13.0. The van der Waals surface area contributed by atoms with Crippen molar-refractivity contribution in [2.24, 2.45) is 0 Å². The number of hydrogen-bond acceptors (Lipinski definition) is 4. The van der Waals surface area contributed by atoms with Gasteiger partial charge in [0.1, 0.15) is 6.07 Å². The van der Waals surface area contributed by atoms with Crippen LogP contribution in [-0.2, 0) is 4.79 Å². The Labute approximate surface area is 103 Å². The van der Waals surface area contributed by atoms with E-state index in [2.05, 4.69) is 11.1 Å². The predicted molar refractivity (Wildman–Crippen MR) is 58.0 cm³/mol. The lowest BCUT2D eigenvalue weighted by molar-refractivity contribution is -0.192. The number of carboxylic acids is 1. The van der Waals surface area contributed by atoms with Gasteiger partial charge in [0.25, 0.3) is 0 Å². The minimum Gasteiger partial charge on any atom is -0.475 e. The molecule has 0 aliphatic carbocycles. The van der Waals surface area contributed by atoms with Crippen LogP contribution in [0.2, 0.25) is 0 Å². The van der Waals surface area contributed by atoms with Crippen LogP contribution in [0.15, 0.2) is 23.7 Å². The van der Waals surface area contributed by atoms with Gasteiger partial charge in [0.15, 0.2) is 0 Å². The Bertz CT molecular complexity index is 601. The second-order valence-corrected chi connectivity index (χ2v) is 3.83. The highest BCUT2D eigenvalue weighted by Gasteiger charge is 2.38. The zero-order valence-corrected chi connectivity index (χ0v) is 9.42. The monoisotopic (exact) mass is 274 g/mol. The molecule has 0 aliphatic heterocycles. The molecule has 0 saturated heterocycles. The molecule has 18 heavy (non-hydrogen) atoms. The lowest BCUT2D eigenvalue weighted by Crippen LogP contribution is -2.21. The molecule has 1 N–H and O–H groups in total. The average molecular weight is 274 g/mol. The van der Waals surface area contributed by atoms with E-state index in [1.54, 1.807) is 17.5 Å². The highest BCUT2D eigenvalue weighted by molar-refractivity contribution is 7.17. The fraction of sp³-hybridized carbons (Fsp3) is 0.100. The summed E-state index contributed by atoms with van der Waals surface area (Å²) < 4.78 is 32.8. The molecular weight excluding hydrogens is 269 g/mol. The van der Waals surface area contributed by atoms with Crippen molar-refractivity contribution in [1.82, 2.24) is 4.98 Å². The van der Waals surface area contributed by atoms with Crippen LogP contribution in [0.25, 0.3) is 10.2 Å². The third-order valence-corrected chi connectivity index (χ3v) is 2.63. The number of carboxylic acid groups (broad SMARTS) is 1. The van der Waals surface area contributed by atoms with Crippen LogP contribution in [0.3, 0.4) is 0 Å². The van der Waals surface area contributed by atoms with Gasteiger partial charge < -0.3 is 5.11 Å².